The molecule has 3 aliphatic rings. The molecule has 2 amide bonds. The number of hydrogen-bond donors (Lipinski definition) is 0. The number of quaternary nitrogens is 1. The molecule has 0 radical (unpaired) electrons. The summed E-state index contributed by atoms with van der Waals surface area (Å²) in [6.45, 7) is 1.81. The van der Waals surface area contributed by atoms with E-state index in [4.69, 9.17) is 4.84 Å². The van der Waals surface area contributed by atoms with E-state index in [1.807, 2.05) is 12.1 Å². The maximum absolute atomic E-state index is 13.3. The molecule has 1 fully saturated rings. The van der Waals surface area contributed by atoms with Crippen LogP contribution in [0.2, 0.25) is 0 Å². The number of benzene rings is 3. The molecule has 3 aromatic rings. The zero-order valence-corrected chi connectivity index (χ0v) is 23.2. The van der Waals surface area contributed by atoms with Gasteiger partial charge in [0.05, 0.1) is 25.3 Å². The molecule has 220 valence electrons. The summed E-state index contributed by atoms with van der Waals surface area (Å²) in [6.07, 6.45) is 0.841. The van der Waals surface area contributed by atoms with Crippen molar-refractivity contribution in [2.24, 2.45) is 0 Å². The van der Waals surface area contributed by atoms with Crippen LogP contribution in [0.4, 0.5) is 30.9 Å². The molecule has 1 saturated heterocycles. The zero-order chi connectivity index (χ0) is 30.2. The van der Waals surface area contributed by atoms with Crippen LogP contribution in [0, 0.1) is 0 Å². The van der Waals surface area contributed by atoms with Crippen molar-refractivity contribution in [1.29, 1.82) is 0 Å². The number of rotatable bonds is 2. The second-order valence-corrected chi connectivity index (χ2v) is 13.0. The fraction of sp³-hybridized carbons (Fsp3) is 0.296. The Bertz CT molecular complexity index is 1630. The van der Waals surface area contributed by atoms with E-state index in [1.54, 1.807) is 6.07 Å². The molecule has 0 spiro atoms. The van der Waals surface area contributed by atoms with Crippen LogP contribution in [0.25, 0.3) is 21.9 Å². The van der Waals surface area contributed by atoms with Gasteiger partial charge in [-0.1, -0.05) is 30.3 Å². The fourth-order valence-corrected chi connectivity index (χ4v) is 5.81. The molecule has 41 heavy (non-hydrogen) atoms. The number of halogens is 6. The summed E-state index contributed by atoms with van der Waals surface area (Å²) in [6, 6.07) is 14.2. The molecular formula is C27H26F6N3O4P. The summed E-state index contributed by atoms with van der Waals surface area (Å²) in [4.78, 5) is 44.9. The number of hydrogen-bond acceptors (Lipinski definition) is 5. The number of fused-ring (bicyclic) bond motifs is 4. The van der Waals surface area contributed by atoms with Crippen LogP contribution >= 0.6 is 7.81 Å². The number of carbonyl (C=O) groups is 3. The number of imide groups is 1. The van der Waals surface area contributed by atoms with Gasteiger partial charge in [0.2, 0.25) is 0 Å². The van der Waals surface area contributed by atoms with Crippen LogP contribution in [0.5, 0.6) is 0 Å². The van der Waals surface area contributed by atoms with Crippen LogP contribution in [0.3, 0.4) is 0 Å². The van der Waals surface area contributed by atoms with Crippen LogP contribution in [0.1, 0.15) is 39.9 Å². The fourth-order valence-electron chi connectivity index (χ4n) is 5.81. The first-order chi connectivity index (χ1) is 18.7. The van der Waals surface area contributed by atoms with E-state index in [0.717, 1.165) is 45.5 Å². The second-order valence-electron chi connectivity index (χ2n) is 11.1. The Morgan fingerprint density at radius 2 is 1.51 bits per heavy atom. The molecule has 3 aromatic carbocycles. The van der Waals surface area contributed by atoms with Gasteiger partial charge in [-0.15, -0.1) is 5.06 Å². The van der Waals surface area contributed by atoms with E-state index in [0.29, 0.717) is 17.0 Å². The van der Waals surface area contributed by atoms with Gasteiger partial charge in [0, 0.05) is 31.0 Å². The van der Waals surface area contributed by atoms with E-state index in [-0.39, 0.29) is 12.8 Å². The van der Waals surface area contributed by atoms with E-state index in [2.05, 4.69) is 50.3 Å². The van der Waals surface area contributed by atoms with Gasteiger partial charge in [-0.05, 0) is 46.0 Å². The van der Waals surface area contributed by atoms with Crippen molar-refractivity contribution in [3.8, 4) is 11.1 Å². The normalized spacial score (nSPS) is 19.0. The quantitative estimate of drug-likeness (QED) is 0.107. The van der Waals surface area contributed by atoms with Crippen LogP contribution in [-0.4, -0.2) is 55.1 Å². The first kappa shape index (κ1) is 28.8. The topological polar surface area (TPSA) is 66.9 Å². The minimum absolute atomic E-state index is 0.0685. The number of hydroxylamine groups is 2. The molecule has 0 atom stereocenters. The minimum atomic E-state index is -10.7. The molecule has 0 N–H and O–H groups in total. The third-order valence-corrected chi connectivity index (χ3v) is 7.13. The standard InChI is InChI=1S/C27H26N3O4.F6P/c1-28-15-30(2,3)14-21-18-8-4-6-16-12-17-7-5-9-19(26(17)20(25(16)18)13-22(21)28)27(33)34-29-23(31)10-11-24(29)32;1-7(2,3,4,5)6/h4-9,13H,10-12,14-15H2,1-3H3;/q+1;-1. The number of nitrogens with zero attached hydrogens (tertiary/aromatic N) is 3. The van der Waals surface area contributed by atoms with E-state index < -0.39 is 25.6 Å². The first-order valence-corrected chi connectivity index (χ1v) is 14.6. The van der Waals surface area contributed by atoms with Crippen molar-refractivity contribution in [2.45, 2.75) is 25.8 Å². The Kier molecular flexibility index (Phi) is 6.08. The van der Waals surface area contributed by atoms with Gasteiger partial charge >= 0.3 is 39.0 Å². The molecule has 1 aliphatic carbocycles. The third-order valence-electron chi connectivity index (χ3n) is 7.13. The van der Waals surface area contributed by atoms with Crippen molar-refractivity contribution >= 4 is 42.1 Å². The Balaban J connectivity index is 0.000000431. The van der Waals surface area contributed by atoms with Crippen molar-refractivity contribution in [2.75, 3.05) is 32.7 Å². The average Bonchev–Trinajstić information content (AvgIpc) is 3.14. The third kappa shape index (κ3) is 6.15. The van der Waals surface area contributed by atoms with Gasteiger partial charge in [-0.25, -0.2) is 4.79 Å². The summed E-state index contributed by atoms with van der Waals surface area (Å²) in [7, 11) is -4.08. The summed E-state index contributed by atoms with van der Waals surface area (Å²) in [5, 5.41) is 2.99. The monoisotopic (exact) mass is 601 g/mol. The Morgan fingerprint density at radius 1 is 0.927 bits per heavy atom. The van der Waals surface area contributed by atoms with Crippen molar-refractivity contribution in [1.82, 2.24) is 5.06 Å². The van der Waals surface area contributed by atoms with Crippen molar-refractivity contribution < 1.29 is 48.9 Å². The molecule has 2 aliphatic heterocycles. The molecule has 0 bridgehead atoms. The van der Waals surface area contributed by atoms with Crippen molar-refractivity contribution in [3.63, 3.8) is 0 Å². The Morgan fingerprint density at radius 3 is 2.15 bits per heavy atom. The molecule has 2 heterocycles. The number of anilines is 1. The van der Waals surface area contributed by atoms with Gasteiger partial charge in [0.1, 0.15) is 6.54 Å². The molecule has 0 unspecified atom stereocenters. The molecular weight excluding hydrogens is 575 g/mol. The van der Waals surface area contributed by atoms with Crippen LogP contribution in [0.15, 0.2) is 42.5 Å². The molecule has 6 rings (SSSR count). The van der Waals surface area contributed by atoms with Gasteiger partial charge in [-0.2, -0.15) is 0 Å². The first-order valence-electron chi connectivity index (χ1n) is 12.6. The van der Waals surface area contributed by atoms with Crippen LogP contribution in [-0.2, 0) is 27.4 Å². The predicted octanol–water partition coefficient (Wildman–Crippen LogP) is 7.00. The molecule has 7 nitrogen and oxygen atoms in total. The SMILES string of the molecule is CN1C[N+](C)(C)Cc2c1cc1c3c(cccc23)Cc2cccc(C(=O)ON3C(=O)CCC3=O)c2-1.F[P-](F)(F)(F)(F)F. The maximum atomic E-state index is 13.3. The van der Waals surface area contributed by atoms with E-state index in [9.17, 15) is 39.6 Å². The Hall–Kier alpha value is -3.70. The summed E-state index contributed by atoms with van der Waals surface area (Å²) >= 11 is 0. The molecule has 0 saturated carbocycles. The second kappa shape index (κ2) is 8.65. The Labute approximate surface area is 230 Å². The summed E-state index contributed by atoms with van der Waals surface area (Å²) in [5.41, 5.74) is 6.94. The van der Waals surface area contributed by atoms with Gasteiger partial charge in [-0.3, -0.25) is 9.59 Å². The average molecular weight is 601 g/mol. The van der Waals surface area contributed by atoms with Gasteiger partial charge < -0.3 is 14.2 Å². The van der Waals surface area contributed by atoms with Gasteiger partial charge in [0.25, 0.3) is 11.8 Å². The van der Waals surface area contributed by atoms with Crippen molar-refractivity contribution in [3.05, 3.63) is 64.7 Å². The van der Waals surface area contributed by atoms with E-state index >= 15 is 0 Å². The molecule has 14 heteroatoms. The predicted molar refractivity (Wildman–Crippen MR) is 141 cm³/mol. The van der Waals surface area contributed by atoms with Crippen LogP contribution < -0.4 is 4.90 Å². The van der Waals surface area contributed by atoms with E-state index in [1.165, 1.54) is 16.5 Å². The zero-order valence-electron chi connectivity index (χ0n) is 22.3. The summed E-state index contributed by atoms with van der Waals surface area (Å²) in [5.74, 6) is -1.64. The molecule has 0 aromatic heterocycles. The number of carbonyl (C=O) groups excluding carboxylic acids is 3. The number of amides is 2. The summed E-state index contributed by atoms with van der Waals surface area (Å²) < 4.78 is 60.1. The van der Waals surface area contributed by atoms with Gasteiger partial charge in [0.15, 0.2) is 6.67 Å².